The fourth-order valence-corrected chi connectivity index (χ4v) is 10.3. The van der Waals surface area contributed by atoms with Crippen molar-refractivity contribution >= 4 is 30.9 Å². The van der Waals surface area contributed by atoms with Crippen molar-refractivity contribution < 1.29 is 15.8 Å². The quantitative estimate of drug-likeness (QED) is 0.662. The first kappa shape index (κ1) is 15.6. The van der Waals surface area contributed by atoms with Gasteiger partial charge in [-0.15, -0.1) is 0 Å². The number of carbonyl (C=O) groups is 2. The van der Waals surface area contributed by atoms with Gasteiger partial charge in [0.25, 0.3) is 0 Å². The van der Waals surface area contributed by atoms with Crippen LogP contribution in [0.1, 0.15) is 19.3 Å². The Labute approximate surface area is 135 Å². The van der Waals surface area contributed by atoms with E-state index in [1.165, 1.54) is 0 Å². The number of carbonyl (C=O) groups excluding carboxylic acids is 2. The van der Waals surface area contributed by atoms with Gasteiger partial charge in [-0.2, -0.15) is 0 Å². The summed E-state index contributed by atoms with van der Waals surface area (Å²) in [6, 6.07) is 0. The van der Waals surface area contributed by atoms with Gasteiger partial charge in [0.05, 0.1) is 0 Å². The fourth-order valence-electron chi connectivity index (χ4n) is 2.69. The second kappa shape index (κ2) is 6.85. The topological polar surface area (TPSA) is 52.6 Å². The molecule has 2 aliphatic carbocycles. The molecule has 0 aromatic rings. The molecule has 0 spiro atoms. The molecule has 22 heavy (non-hydrogen) atoms. The summed E-state index contributed by atoms with van der Waals surface area (Å²) in [5.41, 5.74) is 0. The minimum absolute atomic E-state index is 0.265. The van der Waals surface area contributed by atoms with E-state index in [0.717, 1.165) is 28.2 Å². The molecule has 3 aliphatic rings. The van der Waals surface area contributed by atoms with Crippen LogP contribution in [0.15, 0.2) is 48.6 Å². The summed E-state index contributed by atoms with van der Waals surface area (Å²) in [6.07, 6.45) is 17.7. The van der Waals surface area contributed by atoms with Crippen molar-refractivity contribution in [2.24, 2.45) is 11.8 Å². The molecule has 5 heteroatoms. The zero-order chi connectivity index (χ0) is 15.4. The van der Waals surface area contributed by atoms with Crippen molar-refractivity contribution in [1.82, 2.24) is 0 Å². The molecule has 0 atom stereocenters. The molecule has 3 rings (SSSR count). The summed E-state index contributed by atoms with van der Waals surface area (Å²) in [5, 5.41) is 0. The maximum atomic E-state index is 12.3. The van der Waals surface area contributed by atoms with Gasteiger partial charge < -0.3 is 0 Å². The Balaban J connectivity index is 1.69. The van der Waals surface area contributed by atoms with E-state index in [2.05, 4.69) is 0 Å². The van der Waals surface area contributed by atoms with Crippen LogP contribution in [0, 0.1) is 11.8 Å². The van der Waals surface area contributed by atoms with Crippen molar-refractivity contribution in [2.75, 3.05) is 0 Å². The van der Waals surface area contributed by atoms with Crippen molar-refractivity contribution in [1.29, 1.82) is 0 Å². The average molecular weight is 416 g/mol. The Kier molecular flexibility index (Phi) is 4.85. The van der Waals surface area contributed by atoms with E-state index in [-0.39, 0.29) is 23.8 Å². The van der Waals surface area contributed by atoms with Crippen molar-refractivity contribution in [3.05, 3.63) is 48.6 Å². The van der Waals surface area contributed by atoms with Crippen molar-refractivity contribution in [3.8, 4) is 0 Å². The molecule has 0 saturated carbocycles. The molecule has 0 aromatic heterocycles. The number of rotatable bonds is 4. The van der Waals surface area contributed by atoms with Crippen molar-refractivity contribution in [3.63, 3.8) is 0 Å². The summed E-state index contributed by atoms with van der Waals surface area (Å²) in [6.45, 7) is 0. The first-order valence-corrected chi connectivity index (χ1v) is 12.8. The monoisotopic (exact) mass is 418 g/mol. The maximum absolute atomic E-state index is 12.3. The Morgan fingerprint density at radius 2 is 1.14 bits per heavy atom. The van der Waals surface area contributed by atoms with Gasteiger partial charge >= 0.3 is 135 Å². The Morgan fingerprint density at radius 1 is 0.727 bits per heavy atom. The van der Waals surface area contributed by atoms with E-state index >= 15 is 0 Å². The van der Waals surface area contributed by atoms with Crippen LogP contribution >= 0.6 is 0 Å². The molecular formula is C17H20O4Te. The molecule has 0 bridgehead atoms. The number of hydrogen-bond acceptors (Lipinski definition) is 4. The molecule has 1 fully saturated rings. The van der Waals surface area contributed by atoms with Crippen LogP contribution in [0.25, 0.3) is 0 Å². The van der Waals surface area contributed by atoms with E-state index in [9.17, 15) is 9.59 Å². The van der Waals surface area contributed by atoms with E-state index in [4.69, 9.17) is 6.20 Å². The number of hydrogen-bond donors (Lipinski definition) is 0. The molecule has 1 aliphatic heterocycles. The molecule has 0 N–H and O–H groups in total. The van der Waals surface area contributed by atoms with Crippen LogP contribution in [0.4, 0.5) is 0 Å². The van der Waals surface area contributed by atoms with Gasteiger partial charge in [-0.25, -0.2) is 0 Å². The molecule has 1 heterocycles. The van der Waals surface area contributed by atoms with Crippen LogP contribution in [0.2, 0.25) is 8.94 Å². The van der Waals surface area contributed by atoms with Gasteiger partial charge in [0, 0.05) is 0 Å². The predicted molar refractivity (Wildman–Crippen MR) is 84.9 cm³/mol. The SMILES string of the molecule is O=C(O[Te]1(OC(=O)C2C=CC=C2)CCCCC1)C1C=CC=C1. The van der Waals surface area contributed by atoms with E-state index < -0.39 is 19.0 Å². The molecule has 0 amide bonds. The van der Waals surface area contributed by atoms with Gasteiger partial charge in [0.2, 0.25) is 0 Å². The van der Waals surface area contributed by atoms with Crippen LogP contribution in [-0.4, -0.2) is 30.9 Å². The molecular weight excluding hydrogens is 396 g/mol. The van der Waals surface area contributed by atoms with Gasteiger partial charge in [0.1, 0.15) is 0 Å². The summed E-state index contributed by atoms with van der Waals surface area (Å²) in [4.78, 5) is 24.7. The van der Waals surface area contributed by atoms with Crippen LogP contribution in [-0.2, 0) is 15.8 Å². The second-order valence-electron chi connectivity index (χ2n) is 5.61. The zero-order valence-electron chi connectivity index (χ0n) is 12.4. The van der Waals surface area contributed by atoms with Gasteiger partial charge in [-0.1, -0.05) is 0 Å². The van der Waals surface area contributed by atoms with E-state index in [1.54, 1.807) is 0 Å². The van der Waals surface area contributed by atoms with Gasteiger partial charge in [-0.05, 0) is 0 Å². The van der Waals surface area contributed by atoms with E-state index in [1.807, 2.05) is 48.6 Å². The second-order valence-corrected chi connectivity index (χ2v) is 13.1. The molecule has 118 valence electrons. The first-order chi connectivity index (χ1) is 10.7. The Morgan fingerprint density at radius 3 is 1.55 bits per heavy atom. The standard InChI is InChI=1S/C17H20O4Te/c18-16(14-8-2-3-9-14)20-22(12-6-1-7-13-22)21-17(19)15-10-4-5-11-15/h2-5,8-11,14-15H,1,6-7,12-13H2. The minimum atomic E-state index is -3.40. The zero-order valence-corrected chi connectivity index (χ0v) is 14.7. The molecule has 0 unspecified atom stereocenters. The van der Waals surface area contributed by atoms with Gasteiger partial charge in [-0.3, -0.25) is 0 Å². The van der Waals surface area contributed by atoms with Crippen molar-refractivity contribution in [2.45, 2.75) is 28.2 Å². The van der Waals surface area contributed by atoms with Crippen LogP contribution in [0.3, 0.4) is 0 Å². The third kappa shape index (κ3) is 3.53. The number of allylic oxidation sites excluding steroid dienone is 4. The van der Waals surface area contributed by atoms with Gasteiger partial charge in [0.15, 0.2) is 0 Å². The summed E-state index contributed by atoms with van der Waals surface area (Å²) in [7, 11) is 0. The Hall–Kier alpha value is -1.31. The fraction of sp³-hybridized carbons (Fsp3) is 0.412. The summed E-state index contributed by atoms with van der Waals surface area (Å²) in [5.74, 6) is -1.18. The summed E-state index contributed by atoms with van der Waals surface area (Å²) < 4.78 is 13.2. The molecule has 1 saturated heterocycles. The molecule has 0 radical (unpaired) electrons. The average Bonchev–Trinajstić information content (AvgIpc) is 3.21. The van der Waals surface area contributed by atoms with Crippen LogP contribution in [0.5, 0.6) is 0 Å². The molecule has 0 aromatic carbocycles. The van der Waals surface area contributed by atoms with E-state index in [0.29, 0.717) is 0 Å². The Bertz CT molecular complexity index is 499. The molecule has 4 nitrogen and oxygen atoms in total. The summed E-state index contributed by atoms with van der Waals surface area (Å²) >= 11 is -3.40. The predicted octanol–water partition coefficient (Wildman–Crippen LogP) is 3.18. The normalized spacial score (nSPS) is 24.5. The third-order valence-corrected chi connectivity index (χ3v) is 11.8. The third-order valence-electron chi connectivity index (χ3n) is 3.92. The first-order valence-electron chi connectivity index (χ1n) is 7.64. The van der Waals surface area contributed by atoms with Crippen LogP contribution < -0.4 is 0 Å².